The number of para-hydroxylation sites is 5. The third-order valence-electron chi connectivity index (χ3n) is 17.3. The maximum absolute atomic E-state index is 5.95. The first-order valence-electron chi connectivity index (χ1n) is 27.9. The van der Waals surface area contributed by atoms with E-state index in [1.54, 1.807) is 0 Å². The minimum absolute atomic E-state index is 0.851. The molecule has 1 aliphatic rings. The molecule has 378 valence electrons. The monoisotopic (exact) mass is 1050 g/mol. The maximum atomic E-state index is 5.95. The highest BCUT2D eigenvalue weighted by Gasteiger charge is 2.41. The molecule has 0 saturated heterocycles. The minimum atomic E-state index is -2.84. The van der Waals surface area contributed by atoms with E-state index in [-0.39, 0.29) is 0 Å². The van der Waals surface area contributed by atoms with Crippen molar-refractivity contribution in [2.75, 3.05) is 0 Å². The molecule has 81 heavy (non-hydrogen) atoms. The first-order valence-corrected chi connectivity index (χ1v) is 29.9. The van der Waals surface area contributed by atoms with E-state index in [0.29, 0.717) is 0 Å². The Morgan fingerprint density at radius 2 is 0.704 bits per heavy atom. The van der Waals surface area contributed by atoms with Gasteiger partial charge >= 0.3 is 0 Å². The van der Waals surface area contributed by atoms with Crippen LogP contribution in [0, 0.1) is 0 Å². The van der Waals surface area contributed by atoms with Gasteiger partial charge in [0.15, 0.2) is 8.07 Å². The highest BCUT2D eigenvalue weighted by atomic mass is 28.3. The van der Waals surface area contributed by atoms with Crippen molar-refractivity contribution >= 4 is 89.2 Å². The molecule has 6 heteroatoms. The third kappa shape index (κ3) is 6.51. The van der Waals surface area contributed by atoms with Crippen LogP contribution in [0.4, 0.5) is 0 Å². The van der Waals surface area contributed by atoms with Crippen molar-refractivity contribution in [2.24, 2.45) is 0 Å². The van der Waals surface area contributed by atoms with Gasteiger partial charge in [-0.3, -0.25) is 8.97 Å². The predicted octanol–water partition coefficient (Wildman–Crippen LogP) is 15.8. The SMILES string of the molecule is c1ccc([Si](c2ccccc2)(c2ccccc2)c2ccc(-c3c4n(c5nc6c(-n7c8ccccc8c8cc(-n9c%10ccccc%10c%10ccccc%109)ccc87)cccc6n35)-c3ccccc3-c3ccccc3-c3ccccc3-4)cc2)cc1. The second kappa shape index (κ2) is 17.7. The molecule has 1 aliphatic heterocycles. The van der Waals surface area contributed by atoms with Crippen LogP contribution >= 0.6 is 0 Å². The van der Waals surface area contributed by atoms with Crippen LogP contribution in [0.15, 0.2) is 297 Å². The summed E-state index contributed by atoms with van der Waals surface area (Å²) >= 11 is 0. The Bertz CT molecular complexity index is 5010. The number of imidazole rings is 2. The number of fused-ring (bicyclic) bond motifs is 18. The molecule has 0 amide bonds. The highest BCUT2D eigenvalue weighted by molar-refractivity contribution is 7.19. The number of nitrogens with zero attached hydrogens (tertiary/aromatic N) is 5. The van der Waals surface area contributed by atoms with Gasteiger partial charge in [0.1, 0.15) is 5.52 Å². The molecule has 0 saturated carbocycles. The molecule has 16 aromatic rings. The fourth-order valence-corrected chi connectivity index (χ4v) is 18.7. The normalized spacial score (nSPS) is 12.2. The van der Waals surface area contributed by atoms with Gasteiger partial charge in [0.05, 0.1) is 50.3 Å². The van der Waals surface area contributed by atoms with E-state index in [1.807, 2.05) is 0 Å². The number of hydrogen-bond acceptors (Lipinski definition) is 1. The summed E-state index contributed by atoms with van der Waals surface area (Å²) in [6.07, 6.45) is 0. The topological polar surface area (TPSA) is 32.1 Å². The standard InChI is InChI=1S/C75H49N5Si/c1-4-23-52(24-5-1)81(53-25-6-2-7-26-53,54-27-8-3-9-28-54)55-46-43-50(44-47-55)73-74-63-36-13-12-31-58(63)56-29-10-11-30-57(56)59-32-14-21-40-68(59)79(74)75-76-72-70(41-22-42-71(72)80(73)75)78-67-39-20-17-35-62(67)64-49-51(45-48-69(64)78)77-65-37-18-15-33-60(65)61-34-16-19-38-66(61)77/h1-49H. The molecule has 0 spiro atoms. The van der Waals surface area contributed by atoms with Crippen LogP contribution in [-0.2, 0) is 0 Å². The summed E-state index contributed by atoms with van der Waals surface area (Å²) in [7, 11) is -2.84. The number of aromatic nitrogens is 5. The van der Waals surface area contributed by atoms with Crippen LogP contribution in [-0.4, -0.2) is 31.2 Å². The molecule has 0 bridgehead atoms. The molecule has 0 N–H and O–H groups in total. The Morgan fingerprint density at radius 3 is 1.31 bits per heavy atom. The van der Waals surface area contributed by atoms with Crippen LogP contribution in [0.2, 0.25) is 0 Å². The summed E-state index contributed by atoms with van der Waals surface area (Å²) in [6, 6.07) is 110. The zero-order valence-corrected chi connectivity index (χ0v) is 45.0. The van der Waals surface area contributed by atoms with Crippen molar-refractivity contribution in [3.63, 3.8) is 0 Å². The number of hydrogen-bond donors (Lipinski definition) is 0. The smallest absolute Gasteiger partial charge is 0.220 e. The molecule has 12 aromatic carbocycles. The number of benzene rings is 12. The van der Waals surface area contributed by atoms with Crippen molar-refractivity contribution in [3.8, 4) is 61.8 Å². The van der Waals surface area contributed by atoms with E-state index >= 15 is 0 Å². The summed E-state index contributed by atoms with van der Waals surface area (Å²) < 4.78 is 9.77. The van der Waals surface area contributed by atoms with Gasteiger partial charge in [-0.05, 0) is 92.0 Å². The Morgan fingerprint density at radius 1 is 0.272 bits per heavy atom. The van der Waals surface area contributed by atoms with Gasteiger partial charge < -0.3 is 9.13 Å². The lowest BCUT2D eigenvalue weighted by Gasteiger charge is -2.34. The van der Waals surface area contributed by atoms with Crippen molar-refractivity contribution in [3.05, 3.63) is 297 Å². The molecule has 17 rings (SSSR count). The van der Waals surface area contributed by atoms with E-state index in [1.165, 1.54) is 70.0 Å². The summed E-state index contributed by atoms with van der Waals surface area (Å²) in [4.78, 5) is 5.95. The second-order valence-electron chi connectivity index (χ2n) is 21.4. The molecule has 4 aromatic heterocycles. The van der Waals surface area contributed by atoms with Crippen molar-refractivity contribution in [1.29, 1.82) is 0 Å². The predicted molar refractivity (Wildman–Crippen MR) is 340 cm³/mol. The van der Waals surface area contributed by atoms with Crippen LogP contribution < -0.4 is 20.7 Å². The van der Waals surface area contributed by atoms with Crippen LogP contribution in [0.1, 0.15) is 0 Å². The average molecular weight is 1050 g/mol. The minimum Gasteiger partial charge on any atom is -0.309 e. The van der Waals surface area contributed by atoms with E-state index < -0.39 is 8.07 Å². The van der Waals surface area contributed by atoms with E-state index in [2.05, 4.69) is 315 Å². The fourth-order valence-electron chi connectivity index (χ4n) is 14.0. The van der Waals surface area contributed by atoms with Gasteiger partial charge in [0.25, 0.3) is 0 Å². The van der Waals surface area contributed by atoms with Crippen molar-refractivity contribution in [1.82, 2.24) is 23.1 Å². The van der Waals surface area contributed by atoms with Gasteiger partial charge in [-0.1, -0.05) is 243 Å². The van der Waals surface area contributed by atoms with E-state index in [4.69, 9.17) is 4.98 Å². The fraction of sp³-hybridized carbons (Fsp3) is 0. The van der Waals surface area contributed by atoms with Crippen molar-refractivity contribution in [2.45, 2.75) is 0 Å². The van der Waals surface area contributed by atoms with Crippen LogP contribution in [0.5, 0.6) is 0 Å². The van der Waals surface area contributed by atoms with Crippen LogP contribution in [0.3, 0.4) is 0 Å². The molecule has 5 heterocycles. The molecule has 0 fully saturated rings. The molecule has 0 aliphatic carbocycles. The summed E-state index contributed by atoms with van der Waals surface area (Å²) in [5.41, 5.74) is 19.0. The Hall–Kier alpha value is -10.5. The zero-order chi connectivity index (χ0) is 53.2. The third-order valence-corrected chi connectivity index (χ3v) is 22.1. The summed E-state index contributed by atoms with van der Waals surface area (Å²) in [5.74, 6) is 0.851. The Balaban J connectivity index is 0.953. The molecule has 5 nitrogen and oxygen atoms in total. The molecular formula is C75H49N5Si. The lowest BCUT2D eigenvalue weighted by Crippen LogP contribution is -2.74. The Kier molecular flexibility index (Phi) is 9.96. The lowest BCUT2D eigenvalue weighted by molar-refractivity contribution is 1.08. The lowest BCUT2D eigenvalue weighted by atomic mass is 9.87. The van der Waals surface area contributed by atoms with Gasteiger partial charge in [-0.25, -0.2) is 4.98 Å². The molecule has 0 unspecified atom stereocenters. The largest absolute Gasteiger partial charge is 0.309 e. The van der Waals surface area contributed by atoms with E-state index in [0.717, 1.165) is 73.0 Å². The zero-order valence-electron chi connectivity index (χ0n) is 44.0. The van der Waals surface area contributed by atoms with Gasteiger partial charge in [0, 0.05) is 43.9 Å². The number of rotatable bonds is 7. The molecular weight excluding hydrogens is 999 g/mol. The first-order chi connectivity index (χ1) is 40.2. The quantitative estimate of drug-likeness (QED) is 0.116. The van der Waals surface area contributed by atoms with Crippen molar-refractivity contribution < 1.29 is 0 Å². The maximum Gasteiger partial charge on any atom is 0.220 e. The van der Waals surface area contributed by atoms with Gasteiger partial charge in [-0.2, -0.15) is 0 Å². The highest BCUT2D eigenvalue weighted by Crippen LogP contribution is 2.49. The van der Waals surface area contributed by atoms with Gasteiger partial charge in [-0.15, -0.1) is 0 Å². The summed E-state index contributed by atoms with van der Waals surface area (Å²) in [5, 5.41) is 10.2. The van der Waals surface area contributed by atoms with E-state index in [9.17, 15) is 0 Å². The van der Waals surface area contributed by atoms with Crippen LogP contribution in [0.25, 0.3) is 122 Å². The second-order valence-corrected chi connectivity index (χ2v) is 25.2. The Labute approximate surface area is 468 Å². The first kappa shape index (κ1) is 45.5. The molecule has 0 radical (unpaired) electrons. The average Bonchev–Trinajstić information content (AvgIpc) is 4.35. The van der Waals surface area contributed by atoms with Gasteiger partial charge in [0.2, 0.25) is 5.78 Å². The molecule has 0 atom stereocenters. The summed E-state index contributed by atoms with van der Waals surface area (Å²) in [6.45, 7) is 0.